The van der Waals surface area contributed by atoms with Crippen LogP contribution in [0.1, 0.15) is 30.6 Å². The van der Waals surface area contributed by atoms with Crippen LogP contribution >= 0.6 is 0 Å². The first kappa shape index (κ1) is 16.6. The molecule has 2 heterocycles. The largest absolute Gasteiger partial charge is 0.486 e. The molecular formula is C18H23NO5. The van der Waals surface area contributed by atoms with Crippen molar-refractivity contribution in [2.45, 2.75) is 20.3 Å². The van der Waals surface area contributed by atoms with Crippen LogP contribution in [0.2, 0.25) is 0 Å². The quantitative estimate of drug-likeness (QED) is 0.793. The summed E-state index contributed by atoms with van der Waals surface area (Å²) in [6.45, 7) is 6.45. The number of rotatable bonds is 3. The van der Waals surface area contributed by atoms with Crippen molar-refractivity contribution >= 4 is 11.9 Å². The van der Waals surface area contributed by atoms with E-state index in [1.54, 1.807) is 23.1 Å². The van der Waals surface area contributed by atoms with E-state index >= 15 is 0 Å². The number of fused-ring (bicyclic) bond motifs is 1. The monoisotopic (exact) mass is 333 g/mol. The predicted molar refractivity (Wildman–Crippen MR) is 87.2 cm³/mol. The van der Waals surface area contributed by atoms with Crippen molar-refractivity contribution in [3.8, 4) is 11.5 Å². The van der Waals surface area contributed by atoms with Crippen LogP contribution in [-0.4, -0.2) is 49.7 Å². The summed E-state index contributed by atoms with van der Waals surface area (Å²) in [4.78, 5) is 26.2. The standard InChI is InChI=1S/C18H23NO5/c1-12-7-13(2)10-19(9-12)17(20)11-24-18(21)14-3-4-15-16(8-14)23-6-5-22-15/h3-4,8,12-13H,5-7,9-11H2,1-2H3/t12-,13-/m0/s1. The van der Waals surface area contributed by atoms with E-state index in [0.29, 0.717) is 42.1 Å². The van der Waals surface area contributed by atoms with E-state index in [9.17, 15) is 9.59 Å². The third kappa shape index (κ3) is 3.80. The fourth-order valence-corrected chi connectivity index (χ4v) is 3.34. The number of hydrogen-bond donors (Lipinski definition) is 0. The van der Waals surface area contributed by atoms with Gasteiger partial charge in [0.2, 0.25) is 0 Å². The SMILES string of the molecule is C[C@H]1C[C@H](C)CN(C(=O)COC(=O)c2ccc3c(c2)OCCO3)C1. The summed E-state index contributed by atoms with van der Waals surface area (Å²) in [7, 11) is 0. The second-order valence-corrected chi connectivity index (χ2v) is 6.68. The van der Waals surface area contributed by atoms with Gasteiger partial charge in [-0.3, -0.25) is 4.79 Å². The van der Waals surface area contributed by atoms with Gasteiger partial charge in [0.05, 0.1) is 5.56 Å². The summed E-state index contributed by atoms with van der Waals surface area (Å²) in [5, 5.41) is 0. The fraction of sp³-hybridized carbons (Fsp3) is 0.556. The highest BCUT2D eigenvalue weighted by Crippen LogP contribution is 2.31. The summed E-state index contributed by atoms with van der Waals surface area (Å²) >= 11 is 0. The average molecular weight is 333 g/mol. The highest BCUT2D eigenvalue weighted by Gasteiger charge is 2.26. The van der Waals surface area contributed by atoms with Gasteiger partial charge in [0, 0.05) is 13.1 Å². The Morgan fingerprint density at radius 3 is 2.50 bits per heavy atom. The van der Waals surface area contributed by atoms with E-state index in [-0.39, 0.29) is 12.5 Å². The molecule has 2 atom stereocenters. The van der Waals surface area contributed by atoms with Crippen molar-refractivity contribution in [3.63, 3.8) is 0 Å². The maximum Gasteiger partial charge on any atom is 0.338 e. The van der Waals surface area contributed by atoms with Gasteiger partial charge >= 0.3 is 5.97 Å². The molecule has 24 heavy (non-hydrogen) atoms. The number of hydrogen-bond acceptors (Lipinski definition) is 5. The molecule has 0 aromatic heterocycles. The summed E-state index contributed by atoms with van der Waals surface area (Å²) in [5.74, 6) is 1.43. The Kier molecular flexibility index (Phi) is 4.92. The normalized spacial score (nSPS) is 22.8. The van der Waals surface area contributed by atoms with Crippen molar-refractivity contribution < 1.29 is 23.8 Å². The van der Waals surface area contributed by atoms with Gasteiger partial charge in [-0.2, -0.15) is 0 Å². The molecule has 0 unspecified atom stereocenters. The van der Waals surface area contributed by atoms with Crippen LogP contribution in [0, 0.1) is 11.8 Å². The van der Waals surface area contributed by atoms with Gasteiger partial charge in [0.25, 0.3) is 5.91 Å². The zero-order valence-corrected chi connectivity index (χ0v) is 14.1. The molecule has 0 spiro atoms. The molecule has 0 radical (unpaired) electrons. The van der Waals surface area contributed by atoms with Crippen LogP contribution in [0.5, 0.6) is 11.5 Å². The van der Waals surface area contributed by atoms with Gasteiger partial charge in [0.15, 0.2) is 18.1 Å². The second-order valence-electron chi connectivity index (χ2n) is 6.68. The van der Waals surface area contributed by atoms with Crippen LogP contribution in [0.3, 0.4) is 0 Å². The molecule has 1 saturated heterocycles. The molecule has 1 amide bonds. The van der Waals surface area contributed by atoms with E-state index in [0.717, 1.165) is 19.5 Å². The third-order valence-corrected chi connectivity index (χ3v) is 4.33. The maximum absolute atomic E-state index is 12.3. The second kappa shape index (κ2) is 7.11. The maximum atomic E-state index is 12.3. The number of benzene rings is 1. The van der Waals surface area contributed by atoms with Crippen molar-refractivity contribution in [3.05, 3.63) is 23.8 Å². The van der Waals surface area contributed by atoms with Crippen LogP contribution in [0.15, 0.2) is 18.2 Å². The topological polar surface area (TPSA) is 65.1 Å². The molecule has 2 aliphatic rings. The minimum absolute atomic E-state index is 0.140. The van der Waals surface area contributed by atoms with Gasteiger partial charge < -0.3 is 19.1 Å². The number of likely N-dealkylation sites (tertiary alicyclic amines) is 1. The molecule has 1 aromatic carbocycles. The molecule has 6 heteroatoms. The van der Waals surface area contributed by atoms with Crippen molar-refractivity contribution in [2.75, 3.05) is 32.9 Å². The van der Waals surface area contributed by atoms with E-state index in [4.69, 9.17) is 14.2 Å². The van der Waals surface area contributed by atoms with E-state index in [1.807, 2.05) is 0 Å². The third-order valence-electron chi connectivity index (χ3n) is 4.33. The minimum atomic E-state index is -0.529. The lowest BCUT2D eigenvalue weighted by atomic mass is 9.92. The molecule has 1 aromatic rings. The van der Waals surface area contributed by atoms with E-state index in [1.165, 1.54) is 0 Å². The lowest BCUT2D eigenvalue weighted by molar-refractivity contribution is -0.137. The predicted octanol–water partition coefficient (Wildman–Crippen LogP) is 2.12. The Hall–Kier alpha value is -2.24. The zero-order valence-electron chi connectivity index (χ0n) is 14.1. The molecule has 0 aliphatic carbocycles. The van der Waals surface area contributed by atoms with E-state index in [2.05, 4.69) is 13.8 Å². The number of piperidine rings is 1. The summed E-state index contributed by atoms with van der Waals surface area (Å²) in [6, 6.07) is 4.89. The average Bonchev–Trinajstić information content (AvgIpc) is 2.58. The number of ether oxygens (including phenoxy) is 3. The highest BCUT2D eigenvalue weighted by molar-refractivity contribution is 5.92. The van der Waals surface area contributed by atoms with Gasteiger partial charge in [-0.25, -0.2) is 4.79 Å². The lowest BCUT2D eigenvalue weighted by Crippen LogP contribution is -2.44. The van der Waals surface area contributed by atoms with Crippen LogP contribution < -0.4 is 9.47 Å². The Bertz CT molecular complexity index is 620. The van der Waals surface area contributed by atoms with Crippen LogP contribution in [0.25, 0.3) is 0 Å². The molecule has 6 nitrogen and oxygen atoms in total. The number of amides is 1. The van der Waals surface area contributed by atoms with Crippen LogP contribution in [-0.2, 0) is 9.53 Å². The van der Waals surface area contributed by atoms with Gasteiger partial charge in [-0.15, -0.1) is 0 Å². The van der Waals surface area contributed by atoms with E-state index < -0.39 is 5.97 Å². The van der Waals surface area contributed by atoms with Crippen molar-refractivity contribution in [2.24, 2.45) is 11.8 Å². The van der Waals surface area contributed by atoms with Crippen LogP contribution in [0.4, 0.5) is 0 Å². The number of carbonyl (C=O) groups excluding carboxylic acids is 2. The summed E-state index contributed by atoms with van der Waals surface area (Å²) in [6.07, 6.45) is 1.13. The number of esters is 1. The Morgan fingerprint density at radius 1 is 1.12 bits per heavy atom. The van der Waals surface area contributed by atoms with Gasteiger partial charge in [0.1, 0.15) is 13.2 Å². The molecule has 2 aliphatic heterocycles. The minimum Gasteiger partial charge on any atom is -0.486 e. The first-order valence-electron chi connectivity index (χ1n) is 8.37. The summed E-state index contributed by atoms with van der Waals surface area (Å²) < 4.78 is 16.0. The summed E-state index contributed by atoms with van der Waals surface area (Å²) in [5.41, 5.74) is 0.354. The smallest absolute Gasteiger partial charge is 0.338 e. The molecule has 3 rings (SSSR count). The highest BCUT2D eigenvalue weighted by atomic mass is 16.6. The first-order chi connectivity index (χ1) is 11.5. The zero-order chi connectivity index (χ0) is 17.1. The molecule has 1 fully saturated rings. The molecule has 0 bridgehead atoms. The van der Waals surface area contributed by atoms with Crippen molar-refractivity contribution in [1.29, 1.82) is 0 Å². The van der Waals surface area contributed by atoms with Gasteiger partial charge in [-0.05, 0) is 36.5 Å². The Labute approximate surface area is 141 Å². The molecule has 0 saturated carbocycles. The molecular weight excluding hydrogens is 310 g/mol. The van der Waals surface area contributed by atoms with Crippen molar-refractivity contribution in [1.82, 2.24) is 4.90 Å². The molecule has 0 N–H and O–H groups in total. The Morgan fingerprint density at radius 2 is 1.79 bits per heavy atom. The first-order valence-corrected chi connectivity index (χ1v) is 8.37. The lowest BCUT2D eigenvalue weighted by Gasteiger charge is -2.34. The molecule has 130 valence electrons. The Balaban J connectivity index is 1.56. The number of carbonyl (C=O) groups is 2. The number of nitrogens with zero attached hydrogens (tertiary/aromatic N) is 1. The fourth-order valence-electron chi connectivity index (χ4n) is 3.34. The van der Waals surface area contributed by atoms with Gasteiger partial charge in [-0.1, -0.05) is 13.8 Å².